The maximum atomic E-state index is 9.29. The van der Waals surface area contributed by atoms with Gasteiger partial charge in [-0.3, -0.25) is 4.68 Å². The Kier molecular flexibility index (Phi) is 2.08. The van der Waals surface area contributed by atoms with Crippen LogP contribution < -0.4 is 0 Å². The lowest BCUT2D eigenvalue weighted by Crippen LogP contribution is -2.31. The highest BCUT2D eigenvalue weighted by atomic mass is 16.5. The molecule has 4 nitrogen and oxygen atoms in total. The second kappa shape index (κ2) is 2.98. The van der Waals surface area contributed by atoms with Crippen LogP contribution in [0.25, 0.3) is 0 Å². The monoisotopic (exact) mass is 210 g/mol. The van der Waals surface area contributed by atoms with E-state index in [0.717, 1.165) is 6.42 Å². The fourth-order valence-electron chi connectivity index (χ4n) is 2.44. The third kappa shape index (κ3) is 1.86. The zero-order valence-electron chi connectivity index (χ0n) is 9.69. The molecule has 1 N–H and O–H groups in total. The van der Waals surface area contributed by atoms with Gasteiger partial charge in [-0.05, 0) is 27.7 Å². The molecule has 0 aromatic carbocycles. The molecule has 1 aromatic heterocycles. The van der Waals surface area contributed by atoms with E-state index in [4.69, 9.17) is 4.74 Å². The zero-order chi connectivity index (χ0) is 11.3. The maximum absolute atomic E-state index is 9.29. The van der Waals surface area contributed by atoms with Gasteiger partial charge >= 0.3 is 0 Å². The van der Waals surface area contributed by atoms with Crippen molar-refractivity contribution in [2.45, 2.75) is 51.4 Å². The first kappa shape index (κ1) is 10.5. The molecule has 1 aromatic rings. The van der Waals surface area contributed by atoms with E-state index in [2.05, 4.69) is 32.8 Å². The Balaban J connectivity index is 2.30. The van der Waals surface area contributed by atoms with Crippen molar-refractivity contribution >= 4 is 0 Å². The summed E-state index contributed by atoms with van der Waals surface area (Å²) in [4.78, 5) is 0. The summed E-state index contributed by atoms with van der Waals surface area (Å²) in [7, 11) is 0. The van der Waals surface area contributed by atoms with Gasteiger partial charge in [0.2, 0.25) is 0 Å². The number of rotatable bonds is 1. The number of hydrogen-bond donors (Lipinski definition) is 1. The number of aromatic nitrogens is 2. The van der Waals surface area contributed by atoms with Crippen LogP contribution in [0.3, 0.4) is 0 Å². The van der Waals surface area contributed by atoms with Crippen molar-refractivity contribution in [1.29, 1.82) is 0 Å². The Labute approximate surface area is 89.9 Å². The van der Waals surface area contributed by atoms with Crippen molar-refractivity contribution in [2.75, 3.05) is 0 Å². The van der Waals surface area contributed by atoms with E-state index < -0.39 is 0 Å². The molecule has 0 spiro atoms. The Morgan fingerprint density at radius 2 is 2.13 bits per heavy atom. The molecule has 0 saturated carbocycles. The van der Waals surface area contributed by atoms with Crippen molar-refractivity contribution in [3.63, 3.8) is 0 Å². The number of aromatic hydroxyl groups is 1. The second-order valence-corrected chi connectivity index (χ2v) is 5.36. The molecule has 1 aliphatic heterocycles. The topological polar surface area (TPSA) is 47.3 Å². The smallest absolute Gasteiger partial charge is 0.153 e. The van der Waals surface area contributed by atoms with Crippen LogP contribution in [0.1, 0.15) is 40.2 Å². The van der Waals surface area contributed by atoms with Crippen LogP contribution >= 0.6 is 0 Å². The summed E-state index contributed by atoms with van der Waals surface area (Å²) in [5.74, 6) is 0.204. The summed E-state index contributed by atoms with van der Waals surface area (Å²) in [6.45, 7) is 8.28. The van der Waals surface area contributed by atoms with Gasteiger partial charge in [-0.15, -0.1) is 0 Å². The Morgan fingerprint density at radius 1 is 1.47 bits per heavy atom. The molecular formula is C11H18N2O2. The summed E-state index contributed by atoms with van der Waals surface area (Å²) >= 11 is 0. The molecule has 0 amide bonds. The minimum Gasteiger partial charge on any atom is -0.505 e. The lowest BCUT2D eigenvalue weighted by molar-refractivity contribution is -0.0737. The first-order chi connectivity index (χ1) is 6.80. The predicted molar refractivity (Wildman–Crippen MR) is 56.8 cm³/mol. The van der Waals surface area contributed by atoms with E-state index >= 15 is 0 Å². The highest BCUT2D eigenvalue weighted by Gasteiger charge is 2.47. The van der Waals surface area contributed by atoms with Crippen molar-refractivity contribution in [2.24, 2.45) is 0 Å². The molecule has 0 aliphatic carbocycles. The first-order valence-corrected chi connectivity index (χ1v) is 5.23. The largest absolute Gasteiger partial charge is 0.505 e. The molecule has 0 radical (unpaired) electrons. The summed E-state index contributed by atoms with van der Waals surface area (Å²) in [5.41, 5.74) is -0.377. The quantitative estimate of drug-likeness (QED) is 0.772. The van der Waals surface area contributed by atoms with E-state index in [0.29, 0.717) is 0 Å². The fraction of sp³-hybridized carbons (Fsp3) is 0.727. The van der Waals surface area contributed by atoms with Crippen LogP contribution in [-0.4, -0.2) is 26.1 Å². The highest BCUT2D eigenvalue weighted by Crippen LogP contribution is 2.44. The van der Waals surface area contributed by atoms with Crippen molar-refractivity contribution in [3.05, 3.63) is 12.4 Å². The Hall–Kier alpha value is -1.03. The average molecular weight is 210 g/mol. The molecule has 15 heavy (non-hydrogen) atoms. The molecule has 2 rings (SSSR count). The van der Waals surface area contributed by atoms with Gasteiger partial charge in [0, 0.05) is 6.42 Å². The molecule has 1 fully saturated rings. The number of nitrogens with zero attached hydrogens (tertiary/aromatic N) is 2. The molecule has 1 atom stereocenters. The van der Waals surface area contributed by atoms with Gasteiger partial charge in [-0.2, -0.15) is 5.10 Å². The van der Waals surface area contributed by atoms with Crippen molar-refractivity contribution in [3.8, 4) is 5.75 Å². The van der Waals surface area contributed by atoms with Crippen LogP contribution in [0.15, 0.2) is 12.4 Å². The average Bonchev–Trinajstić information content (AvgIpc) is 2.52. The normalized spacial score (nSPS) is 28.1. The molecule has 84 valence electrons. The van der Waals surface area contributed by atoms with Crippen LogP contribution in [0.2, 0.25) is 0 Å². The van der Waals surface area contributed by atoms with E-state index in [9.17, 15) is 5.11 Å². The predicted octanol–water partition coefficient (Wildman–Crippen LogP) is 2.11. The lowest BCUT2D eigenvalue weighted by Gasteiger charge is -2.27. The Morgan fingerprint density at radius 3 is 2.53 bits per heavy atom. The molecule has 0 bridgehead atoms. The van der Waals surface area contributed by atoms with Crippen LogP contribution in [-0.2, 0) is 4.74 Å². The summed E-state index contributed by atoms with van der Waals surface area (Å²) in [6.07, 6.45) is 4.01. The first-order valence-electron chi connectivity index (χ1n) is 5.23. The maximum Gasteiger partial charge on any atom is 0.153 e. The van der Waals surface area contributed by atoms with Gasteiger partial charge in [0.25, 0.3) is 0 Å². The van der Waals surface area contributed by atoms with Crippen molar-refractivity contribution in [1.82, 2.24) is 9.78 Å². The molecule has 1 unspecified atom stereocenters. The SMILES string of the molecule is CC1(C)CC(n2cc(O)cn2)C(C)(C)O1. The van der Waals surface area contributed by atoms with E-state index in [-0.39, 0.29) is 23.0 Å². The number of ether oxygens (including phenoxy) is 1. The summed E-state index contributed by atoms with van der Waals surface area (Å²) in [6, 6.07) is 0.174. The van der Waals surface area contributed by atoms with Gasteiger partial charge < -0.3 is 9.84 Å². The van der Waals surface area contributed by atoms with Gasteiger partial charge in [-0.1, -0.05) is 0 Å². The minimum absolute atomic E-state index is 0.129. The minimum atomic E-state index is -0.248. The molecule has 2 heterocycles. The van der Waals surface area contributed by atoms with E-state index in [1.54, 1.807) is 10.9 Å². The molecule has 1 aliphatic rings. The fourth-order valence-corrected chi connectivity index (χ4v) is 2.44. The summed E-state index contributed by atoms with van der Waals surface area (Å²) in [5, 5.41) is 13.4. The third-order valence-electron chi connectivity index (χ3n) is 2.93. The third-order valence-corrected chi connectivity index (χ3v) is 2.93. The van der Waals surface area contributed by atoms with Crippen LogP contribution in [0, 0.1) is 0 Å². The standard InChI is InChI=1S/C11H18N2O2/c1-10(2)5-9(11(3,4)15-10)13-7-8(14)6-12-13/h6-7,9,14H,5H2,1-4H3. The van der Waals surface area contributed by atoms with Gasteiger partial charge in [-0.25, -0.2) is 0 Å². The highest BCUT2D eigenvalue weighted by molar-refractivity contribution is 5.11. The van der Waals surface area contributed by atoms with Crippen LogP contribution in [0.4, 0.5) is 0 Å². The van der Waals surface area contributed by atoms with E-state index in [1.165, 1.54) is 6.20 Å². The van der Waals surface area contributed by atoms with E-state index in [1.807, 2.05) is 0 Å². The second-order valence-electron chi connectivity index (χ2n) is 5.36. The number of hydrogen-bond acceptors (Lipinski definition) is 3. The van der Waals surface area contributed by atoms with Gasteiger partial charge in [0.05, 0.1) is 29.6 Å². The molecule has 4 heteroatoms. The zero-order valence-corrected chi connectivity index (χ0v) is 9.69. The lowest BCUT2D eigenvalue weighted by atomic mass is 9.95. The summed E-state index contributed by atoms with van der Waals surface area (Å²) < 4.78 is 7.77. The molecule has 1 saturated heterocycles. The molecular weight excluding hydrogens is 192 g/mol. The van der Waals surface area contributed by atoms with Gasteiger partial charge in [0.1, 0.15) is 0 Å². The Bertz CT molecular complexity index is 368. The van der Waals surface area contributed by atoms with Gasteiger partial charge in [0.15, 0.2) is 5.75 Å². The van der Waals surface area contributed by atoms with Crippen LogP contribution in [0.5, 0.6) is 5.75 Å². The van der Waals surface area contributed by atoms with Crippen molar-refractivity contribution < 1.29 is 9.84 Å².